The van der Waals surface area contributed by atoms with Gasteiger partial charge in [0.25, 0.3) is 0 Å². The zero-order valence-electron chi connectivity index (χ0n) is 12.8. The summed E-state index contributed by atoms with van der Waals surface area (Å²) in [6.45, 7) is 0. The summed E-state index contributed by atoms with van der Waals surface area (Å²) in [4.78, 5) is 11.1. The summed E-state index contributed by atoms with van der Waals surface area (Å²) in [6, 6.07) is 14.4. The van der Waals surface area contributed by atoms with E-state index in [1.54, 1.807) is 12.1 Å². The molecule has 4 rings (SSSR count). The Bertz CT molecular complexity index is 961. The van der Waals surface area contributed by atoms with E-state index in [1.165, 1.54) is 6.07 Å². The molecule has 1 heterocycles. The number of anilines is 1. The number of H-pyrrole nitrogens is 1. The fourth-order valence-corrected chi connectivity index (χ4v) is 3.05. The van der Waals surface area contributed by atoms with Crippen molar-refractivity contribution in [2.45, 2.75) is 12.6 Å². The van der Waals surface area contributed by atoms with Gasteiger partial charge < -0.3 is 5.32 Å². The van der Waals surface area contributed by atoms with Gasteiger partial charge in [-0.05, 0) is 17.7 Å². The molecule has 1 amide bonds. The molecule has 0 saturated heterocycles. The smallest absolute Gasteiger partial charge is 0.318 e. The van der Waals surface area contributed by atoms with E-state index in [9.17, 15) is 18.0 Å². The fourth-order valence-electron chi connectivity index (χ4n) is 3.05. The van der Waals surface area contributed by atoms with Crippen LogP contribution >= 0.6 is 0 Å². The summed E-state index contributed by atoms with van der Waals surface area (Å²) < 4.78 is 37.2. The number of hydrogen-bond acceptors (Lipinski definition) is 2. The zero-order chi connectivity index (χ0) is 17.6. The van der Waals surface area contributed by atoms with Crippen molar-refractivity contribution in [3.63, 3.8) is 0 Å². The molecule has 0 fully saturated rings. The number of amides is 1. The lowest BCUT2D eigenvalue weighted by Crippen LogP contribution is -2.29. The summed E-state index contributed by atoms with van der Waals surface area (Å²) in [7, 11) is 0. The second-order valence-electron chi connectivity index (χ2n) is 5.79. The Kier molecular flexibility index (Phi) is 3.38. The monoisotopic (exact) mass is 343 g/mol. The maximum absolute atomic E-state index is 12.4. The molecule has 0 saturated carbocycles. The van der Waals surface area contributed by atoms with Gasteiger partial charge in [0.2, 0.25) is 0 Å². The van der Waals surface area contributed by atoms with Crippen molar-refractivity contribution < 1.29 is 18.0 Å². The van der Waals surface area contributed by atoms with Crippen molar-refractivity contribution in [3.8, 4) is 22.5 Å². The van der Waals surface area contributed by atoms with E-state index in [4.69, 9.17) is 0 Å². The molecule has 2 N–H and O–H groups in total. The van der Waals surface area contributed by atoms with E-state index in [0.29, 0.717) is 6.42 Å². The Morgan fingerprint density at radius 2 is 1.88 bits per heavy atom. The number of alkyl halides is 3. The average Bonchev–Trinajstić information content (AvgIpc) is 3.13. The molecule has 0 radical (unpaired) electrons. The molecule has 0 atom stereocenters. The number of rotatable bonds is 2. The van der Waals surface area contributed by atoms with Crippen LogP contribution in [0.25, 0.3) is 22.5 Å². The number of carbonyl (C=O) groups is 1. The SMILES string of the molecule is O=C(Nc1ccc2c(c1)Cc1c(-c3ccccc3)n[nH]c1-2)C(F)(F)F. The Balaban J connectivity index is 1.66. The third-order valence-electron chi connectivity index (χ3n) is 4.17. The molecule has 3 aromatic rings. The van der Waals surface area contributed by atoms with E-state index in [0.717, 1.165) is 33.6 Å². The summed E-state index contributed by atoms with van der Waals surface area (Å²) >= 11 is 0. The van der Waals surface area contributed by atoms with Crippen LogP contribution in [0.2, 0.25) is 0 Å². The third kappa shape index (κ3) is 2.67. The Labute approximate surface area is 140 Å². The first-order valence-electron chi connectivity index (χ1n) is 7.57. The van der Waals surface area contributed by atoms with Crippen LogP contribution in [-0.4, -0.2) is 22.3 Å². The van der Waals surface area contributed by atoms with Gasteiger partial charge in [-0.3, -0.25) is 9.89 Å². The first-order valence-corrected chi connectivity index (χ1v) is 7.57. The maximum atomic E-state index is 12.4. The second kappa shape index (κ2) is 5.47. The minimum atomic E-state index is -4.91. The minimum Gasteiger partial charge on any atom is -0.318 e. The van der Waals surface area contributed by atoms with Gasteiger partial charge in [-0.15, -0.1) is 0 Å². The number of halogens is 3. The van der Waals surface area contributed by atoms with E-state index < -0.39 is 12.1 Å². The Morgan fingerprint density at radius 1 is 1.12 bits per heavy atom. The van der Waals surface area contributed by atoms with Crippen molar-refractivity contribution in [2.24, 2.45) is 0 Å². The van der Waals surface area contributed by atoms with Crippen LogP contribution in [0.1, 0.15) is 11.1 Å². The van der Waals surface area contributed by atoms with Crippen LogP contribution < -0.4 is 5.32 Å². The van der Waals surface area contributed by atoms with Gasteiger partial charge >= 0.3 is 12.1 Å². The van der Waals surface area contributed by atoms with Gasteiger partial charge in [0.05, 0.1) is 11.4 Å². The van der Waals surface area contributed by atoms with E-state index in [2.05, 4.69) is 10.2 Å². The molecule has 1 aromatic heterocycles. The van der Waals surface area contributed by atoms with Crippen LogP contribution in [0.5, 0.6) is 0 Å². The van der Waals surface area contributed by atoms with Crippen molar-refractivity contribution in [3.05, 3.63) is 59.7 Å². The highest BCUT2D eigenvalue weighted by molar-refractivity contribution is 5.95. The Morgan fingerprint density at radius 3 is 2.60 bits per heavy atom. The number of nitrogens with zero attached hydrogens (tertiary/aromatic N) is 1. The summed E-state index contributed by atoms with van der Waals surface area (Å²) in [5.41, 5.74) is 5.52. The van der Waals surface area contributed by atoms with Crippen molar-refractivity contribution in [1.82, 2.24) is 10.2 Å². The van der Waals surface area contributed by atoms with Crippen LogP contribution in [-0.2, 0) is 11.2 Å². The number of hydrogen-bond donors (Lipinski definition) is 2. The second-order valence-corrected chi connectivity index (χ2v) is 5.79. The van der Waals surface area contributed by atoms with Crippen molar-refractivity contribution >= 4 is 11.6 Å². The summed E-state index contributed by atoms with van der Waals surface area (Å²) in [6.07, 6.45) is -4.37. The minimum absolute atomic E-state index is 0.125. The Hall–Kier alpha value is -3.09. The summed E-state index contributed by atoms with van der Waals surface area (Å²) in [5, 5.41) is 9.26. The van der Waals surface area contributed by atoms with Crippen LogP contribution in [0, 0.1) is 0 Å². The molecule has 25 heavy (non-hydrogen) atoms. The molecule has 0 unspecified atom stereocenters. The lowest BCUT2D eigenvalue weighted by molar-refractivity contribution is -0.167. The molecular formula is C18H12F3N3O. The molecular weight excluding hydrogens is 331 g/mol. The molecule has 0 bridgehead atoms. The van der Waals surface area contributed by atoms with Crippen molar-refractivity contribution in [2.75, 3.05) is 5.32 Å². The molecule has 126 valence electrons. The van der Waals surface area contributed by atoms with Gasteiger partial charge in [0, 0.05) is 28.8 Å². The average molecular weight is 343 g/mol. The predicted octanol–water partition coefficient (Wildman–Crippen LogP) is 4.15. The predicted molar refractivity (Wildman–Crippen MR) is 87.0 cm³/mol. The fraction of sp³-hybridized carbons (Fsp3) is 0.111. The highest BCUT2D eigenvalue weighted by Crippen LogP contribution is 2.41. The van der Waals surface area contributed by atoms with Crippen molar-refractivity contribution in [1.29, 1.82) is 0 Å². The highest BCUT2D eigenvalue weighted by Gasteiger charge is 2.38. The number of fused-ring (bicyclic) bond motifs is 3. The number of aromatic nitrogens is 2. The van der Waals surface area contributed by atoms with Gasteiger partial charge in [0.15, 0.2) is 0 Å². The molecule has 0 aliphatic heterocycles. The normalized spacial score (nSPS) is 12.6. The molecule has 4 nitrogen and oxygen atoms in total. The topological polar surface area (TPSA) is 57.8 Å². The van der Waals surface area contributed by atoms with Crippen LogP contribution in [0.15, 0.2) is 48.5 Å². The molecule has 1 aliphatic carbocycles. The van der Waals surface area contributed by atoms with E-state index in [1.807, 2.05) is 35.6 Å². The van der Waals surface area contributed by atoms with Gasteiger partial charge in [-0.1, -0.05) is 36.4 Å². The highest BCUT2D eigenvalue weighted by atomic mass is 19.4. The largest absolute Gasteiger partial charge is 0.471 e. The zero-order valence-corrected chi connectivity index (χ0v) is 12.8. The number of aromatic amines is 1. The van der Waals surface area contributed by atoms with E-state index in [-0.39, 0.29) is 5.69 Å². The van der Waals surface area contributed by atoms with Crippen LogP contribution in [0.3, 0.4) is 0 Å². The third-order valence-corrected chi connectivity index (χ3v) is 4.17. The first-order chi connectivity index (χ1) is 11.9. The van der Waals surface area contributed by atoms with Crippen LogP contribution in [0.4, 0.5) is 18.9 Å². The standard InChI is InChI=1S/C18H12F3N3O/c19-18(20,21)17(25)22-12-6-7-13-11(8-12)9-14-15(23-24-16(13)14)10-4-2-1-3-5-10/h1-8H,9H2,(H,22,25)(H,23,24). The lowest BCUT2D eigenvalue weighted by Gasteiger charge is -2.09. The number of benzene rings is 2. The molecule has 1 aliphatic rings. The molecule has 2 aromatic carbocycles. The number of nitrogens with one attached hydrogen (secondary N) is 2. The first kappa shape index (κ1) is 15.4. The lowest BCUT2D eigenvalue weighted by atomic mass is 10.1. The van der Waals surface area contributed by atoms with Gasteiger partial charge in [0.1, 0.15) is 0 Å². The van der Waals surface area contributed by atoms with Gasteiger partial charge in [-0.2, -0.15) is 18.3 Å². The number of carbonyl (C=O) groups excluding carboxylic acids is 1. The molecule has 7 heteroatoms. The summed E-state index contributed by atoms with van der Waals surface area (Å²) in [5.74, 6) is -1.98. The van der Waals surface area contributed by atoms with E-state index >= 15 is 0 Å². The quantitative estimate of drug-likeness (QED) is 0.574. The van der Waals surface area contributed by atoms with Gasteiger partial charge in [-0.25, -0.2) is 0 Å². The molecule has 0 spiro atoms. The maximum Gasteiger partial charge on any atom is 0.471 e.